The molecule has 2 atom stereocenters. The van der Waals surface area contributed by atoms with E-state index in [2.05, 4.69) is 36.3 Å². The number of hydrogen-bond donors (Lipinski definition) is 2. The summed E-state index contributed by atoms with van der Waals surface area (Å²) in [5, 5.41) is 6.54. The molecule has 0 aromatic heterocycles. The molecule has 0 amide bonds. The Kier molecular flexibility index (Phi) is 3.35. The summed E-state index contributed by atoms with van der Waals surface area (Å²) in [5.41, 5.74) is 1.04. The van der Waals surface area contributed by atoms with Crippen molar-refractivity contribution in [2.75, 3.05) is 13.6 Å². The lowest BCUT2D eigenvalue weighted by molar-refractivity contribution is 0.424. The number of rotatable bonds is 3. The van der Waals surface area contributed by atoms with Crippen LogP contribution in [0.15, 0.2) is 24.4 Å². The maximum atomic E-state index is 3.89. The van der Waals surface area contributed by atoms with Crippen molar-refractivity contribution in [1.82, 2.24) is 10.6 Å². The highest BCUT2D eigenvalue weighted by atomic mass is 14.9. The van der Waals surface area contributed by atoms with E-state index in [9.17, 15) is 0 Å². The van der Waals surface area contributed by atoms with Crippen molar-refractivity contribution in [3.8, 4) is 0 Å². The van der Waals surface area contributed by atoms with Crippen molar-refractivity contribution in [3.63, 3.8) is 0 Å². The molecule has 12 heavy (non-hydrogen) atoms. The zero-order chi connectivity index (χ0) is 8.97. The van der Waals surface area contributed by atoms with E-state index in [0.717, 1.165) is 18.7 Å². The lowest BCUT2D eigenvalue weighted by Gasteiger charge is -2.28. The third-order valence-corrected chi connectivity index (χ3v) is 2.31. The first-order valence-corrected chi connectivity index (χ1v) is 4.52. The van der Waals surface area contributed by atoms with Crippen LogP contribution >= 0.6 is 0 Å². The SMILES string of the molecule is C=C1C=CC(C)C(CCNC)N1. The number of hydrogen-bond acceptors (Lipinski definition) is 2. The van der Waals surface area contributed by atoms with Gasteiger partial charge in [-0.25, -0.2) is 0 Å². The molecule has 1 heterocycles. The summed E-state index contributed by atoms with van der Waals surface area (Å²) < 4.78 is 0. The van der Waals surface area contributed by atoms with Gasteiger partial charge < -0.3 is 10.6 Å². The third-order valence-electron chi connectivity index (χ3n) is 2.31. The molecule has 2 heteroatoms. The summed E-state index contributed by atoms with van der Waals surface area (Å²) in [6.07, 6.45) is 5.43. The molecule has 0 fully saturated rings. The quantitative estimate of drug-likeness (QED) is 0.660. The Morgan fingerprint density at radius 1 is 1.67 bits per heavy atom. The van der Waals surface area contributed by atoms with Gasteiger partial charge in [-0.15, -0.1) is 0 Å². The van der Waals surface area contributed by atoms with Gasteiger partial charge in [0.05, 0.1) is 0 Å². The van der Waals surface area contributed by atoms with Crippen molar-refractivity contribution < 1.29 is 0 Å². The molecule has 0 spiro atoms. The second-order valence-corrected chi connectivity index (χ2v) is 3.39. The van der Waals surface area contributed by atoms with E-state index < -0.39 is 0 Å². The number of nitrogens with one attached hydrogen (secondary N) is 2. The van der Waals surface area contributed by atoms with Crippen LogP contribution in [-0.4, -0.2) is 19.6 Å². The van der Waals surface area contributed by atoms with Gasteiger partial charge in [0.25, 0.3) is 0 Å². The first-order chi connectivity index (χ1) is 5.74. The van der Waals surface area contributed by atoms with Crippen molar-refractivity contribution in [1.29, 1.82) is 0 Å². The van der Waals surface area contributed by atoms with Crippen LogP contribution < -0.4 is 10.6 Å². The Morgan fingerprint density at radius 3 is 3.08 bits per heavy atom. The van der Waals surface area contributed by atoms with E-state index in [1.165, 1.54) is 0 Å². The molecule has 0 aromatic rings. The Bertz CT molecular complexity index is 184. The Morgan fingerprint density at radius 2 is 2.42 bits per heavy atom. The molecule has 0 aliphatic carbocycles. The number of allylic oxidation sites excluding steroid dienone is 1. The van der Waals surface area contributed by atoms with Gasteiger partial charge in [0.1, 0.15) is 0 Å². The van der Waals surface area contributed by atoms with E-state index in [-0.39, 0.29) is 0 Å². The molecule has 2 unspecified atom stereocenters. The minimum atomic E-state index is 0.551. The lowest BCUT2D eigenvalue weighted by Crippen LogP contribution is -2.37. The monoisotopic (exact) mass is 166 g/mol. The van der Waals surface area contributed by atoms with Crippen molar-refractivity contribution >= 4 is 0 Å². The van der Waals surface area contributed by atoms with Gasteiger partial charge in [-0.3, -0.25) is 0 Å². The van der Waals surface area contributed by atoms with Gasteiger partial charge in [0.15, 0.2) is 0 Å². The van der Waals surface area contributed by atoms with E-state index >= 15 is 0 Å². The van der Waals surface area contributed by atoms with Gasteiger partial charge in [0, 0.05) is 11.7 Å². The first-order valence-electron chi connectivity index (χ1n) is 4.52. The van der Waals surface area contributed by atoms with Gasteiger partial charge in [-0.2, -0.15) is 0 Å². The topological polar surface area (TPSA) is 24.1 Å². The largest absolute Gasteiger partial charge is 0.382 e. The minimum Gasteiger partial charge on any atom is -0.382 e. The highest BCUT2D eigenvalue weighted by molar-refractivity contribution is 5.19. The predicted octanol–water partition coefficient (Wildman–Crippen LogP) is 1.27. The van der Waals surface area contributed by atoms with Crippen LogP contribution in [0, 0.1) is 5.92 Å². The molecule has 0 radical (unpaired) electrons. The second kappa shape index (κ2) is 4.31. The fourth-order valence-electron chi connectivity index (χ4n) is 1.45. The molecule has 2 nitrogen and oxygen atoms in total. The lowest BCUT2D eigenvalue weighted by atomic mass is 9.95. The summed E-state index contributed by atoms with van der Waals surface area (Å²) in [5.74, 6) is 0.615. The van der Waals surface area contributed by atoms with Crippen molar-refractivity contribution in [2.45, 2.75) is 19.4 Å². The second-order valence-electron chi connectivity index (χ2n) is 3.39. The molecule has 0 saturated heterocycles. The maximum Gasteiger partial charge on any atom is 0.0333 e. The molecule has 0 aromatic carbocycles. The highest BCUT2D eigenvalue weighted by Crippen LogP contribution is 2.15. The fraction of sp³-hybridized carbons (Fsp3) is 0.600. The average Bonchev–Trinajstić information content (AvgIpc) is 2.07. The minimum absolute atomic E-state index is 0.551. The maximum absolute atomic E-state index is 3.89. The van der Waals surface area contributed by atoms with Crippen LogP contribution in [0.3, 0.4) is 0 Å². The van der Waals surface area contributed by atoms with Crippen LogP contribution in [0.5, 0.6) is 0 Å². The van der Waals surface area contributed by atoms with Crippen molar-refractivity contribution in [2.24, 2.45) is 5.92 Å². The van der Waals surface area contributed by atoms with Gasteiger partial charge in [-0.1, -0.05) is 19.6 Å². The molecular weight excluding hydrogens is 148 g/mol. The van der Waals surface area contributed by atoms with Crippen molar-refractivity contribution in [3.05, 3.63) is 24.4 Å². The van der Waals surface area contributed by atoms with E-state index in [1.54, 1.807) is 0 Å². The van der Waals surface area contributed by atoms with Gasteiger partial charge in [0.2, 0.25) is 0 Å². The van der Waals surface area contributed by atoms with Crippen LogP contribution in [0.2, 0.25) is 0 Å². The molecule has 0 saturated carbocycles. The Labute approximate surface area is 74.7 Å². The third kappa shape index (κ3) is 2.38. The van der Waals surface area contributed by atoms with E-state index in [1.807, 2.05) is 7.05 Å². The summed E-state index contributed by atoms with van der Waals surface area (Å²) in [4.78, 5) is 0. The molecule has 68 valence electrons. The zero-order valence-electron chi connectivity index (χ0n) is 7.93. The molecule has 2 N–H and O–H groups in total. The molecule has 1 aliphatic rings. The predicted molar refractivity (Wildman–Crippen MR) is 52.9 cm³/mol. The smallest absolute Gasteiger partial charge is 0.0333 e. The fourth-order valence-corrected chi connectivity index (χ4v) is 1.45. The van der Waals surface area contributed by atoms with E-state index in [4.69, 9.17) is 0 Å². The van der Waals surface area contributed by atoms with Crippen LogP contribution in [0.1, 0.15) is 13.3 Å². The molecule has 0 bridgehead atoms. The normalized spacial score (nSPS) is 28.7. The average molecular weight is 166 g/mol. The zero-order valence-corrected chi connectivity index (χ0v) is 7.93. The summed E-state index contributed by atoms with van der Waals surface area (Å²) in [7, 11) is 1.98. The highest BCUT2D eigenvalue weighted by Gasteiger charge is 2.17. The van der Waals surface area contributed by atoms with Crippen LogP contribution in [0.4, 0.5) is 0 Å². The first kappa shape index (κ1) is 9.33. The van der Waals surface area contributed by atoms with Gasteiger partial charge in [-0.05, 0) is 32.0 Å². The summed E-state index contributed by atoms with van der Waals surface area (Å²) >= 11 is 0. The van der Waals surface area contributed by atoms with Crippen LogP contribution in [0.25, 0.3) is 0 Å². The standard InChI is InChI=1S/C10H18N2/c1-8-4-5-9(2)12-10(8)6-7-11-3/h4-5,8,10-12H,2,6-7H2,1,3H3. The molecular formula is C10H18N2. The van der Waals surface area contributed by atoms with Gasteiger partial charge >= 0.3 is 0 Å². The summed E-state index contributed by atoms with van der Waals surface area (Å²) in [6.45, 7) is 7.18. The molecule has 1 rings (SSSR count). The molecule has 1 aliphatic heterocycles. The summed E-state index contributed by atoms with van der Waals surface area (Å²) in [6, 6.07) is 0.551. The Balaban J connectivity index is 2.42. The Hall–Kier alpha value is -0.760. The van der Waals surface area contributed by atoms with E-state index in [0.29, 0.717) is 12.0 Å². The van der Waals surface area contributed by atoms with Crippen LogP contribution in [-0.2, 0) is 0 Å².